The van der Waals surface area contributed by atoms with Crippen LogP contribution in [0.3, 0.4) is 0 Å². The minimum absolute atomic E-state index is 0.255. The quantitative estimate of drug-likeness (QED) is 0.559. The van der Waals surface area contributed by atoms with Gasteiger partial charge in [-0.15, -0.1) is 11.3 Å². The molecule has 0 bridgehead atoms. The van der Waals surface area contributed by atoms with Crippen molar-refractivity contribution in [2.24, 2.45) is 5.84 Å². The molecule has 1 aromatic carbocycles. The van der Waals surface area contributed by atoms with E-state index in [1.807, 2.05) is 29.6 Å². The molecule has 1 aliphatic heterocycles. The Hall–Kier alpha value is -2.31. The number of benzene rings is 1. The van der Waals surface area contributed by atoms with Gasteiger partial charge in [0.05, 0.1) is 5.52 Å². The molecule has 0 fully saturated rings. The van der Waals surface area contributed by atoms with E-state index in [4.69, 9.17) is 15.3 Å². The van der Waals surface area contributed by atoms with Crippen LogP contribution >= 0.6 is 11.3 Å². The van der Waals surface area contributed by atoms with Crippen molar-refractivity contribution in [1.29, 1.82) is 0 Å². The van der Waals surface area contributed by atoms with Crippen LogP contribution in [0, 0.1) is 0 Å². The van der Waals surface area contributed by atoms with Gasteiger partial charge in [0.2, 0.25) is 6.79 Å². The average molecular weight is 285 g/mol. The van der Waals surface area contributed by atoms with Gasteiger partial charge in [0.25, 0.3) is 0 Å². The van der Waals surface area contributed by atoms with Gasteiger partial charge < -0.3 is 14.9 Å². The number of fused-ring (bicyclic) bond motifs is 2. The summed E-state index contributed by atoms with van der Waals surface area (Å²) < 4.78 is 10.8. The molecule has 5 nitrogen and oxygen atoms in total. The van der Waals surface area contributed by atoms with E-state index >= 15 is 0 Å². The normalized spacial score (nSPS) is 12.8. The Balaban J connectivity index is 1.98. The van der Waals surface area contributed by atoms with Gasteiger partial charge in [0.1, 0.15) is 5.82 Å². The van der Waals surface area contributed by atoms with Crippen LogP contribution in [0.2, 0.25) is 0 Å². The van der Waals surface area contributed by atoms with Gasteiger partial charge in [-0.1, -0.05) is 6.07 Å². The molecule has 2 aromatic heterocycles. The second-order valence-corrected chi connectivity index (χ2v) is 5.35. The standard InChI is InChI=1S/C14H11N3O2S/c15-17-14-9(13-2-1-3-20-13)4-8-5-11-12(19-7-18-11)6-10(8)16-14/h1-6H,7,15H2,(H,16,17). The summed E-state index contributed by atoms with van der Waals surface area (Å²) in [6, 6.07) is 9.93. The Labute approximate surface area is 118 Å². The third-order valence-electron chi connectivity index (χ3n) is 3.23. The van der Waals surface area contributed by atoms with Crippen molar-refractivity contribution in [2.75, 3.05) is 12.2 Å². The number of nitrogens with one attached hydrogen (secondary N) is 1. The van der Waals surface area contributed by atoms with Crippen molar-refractivity contribution in [2.45, 2.75) is 0 Å². The summed E-state index contributed by atoms with van der Waals surface area (Å²) in [6.07, 6.45) is 0. The van der Waals surface area contributed by atoms with E-state index < -0.39 is 0 Å². The molecule has 100 valence electrons. The van der Waals surface area contributed by atoms with Gasteiger partial charge in [-0.25, -0.2) is 10.8 Å². The summed E-state index contributed by atoms with van der Waals surface area (Å²) in [7, 11) is 0. The van der Waals surface area contributed by atoms with E-state index in [0.29, 0.717) is 5.82 Å². The molecule has 3 N–H and O–H groups in total. The van der Waals surface area contributed by atoms with Gasteiger partial charge in [-0.05, 0) is 23.6 Å². The number of hydrogen-bond acceptors (Lipinski definition) is 6. The summed E-state index contributed by atoms with van der Waals surface area (Å²) in [5.41, 5.74) is 4.47. The van der Waals surface area contributed by atoms with Gasteiger partial charge >= 0.3 is 0 Å². The number of hydrazine groups is 1. The van der Waals surface area contributed by atoms with E-state index in [1.54, 1.807) is 11.3 Å². The first-order valence-corrected chi connectivity index (χ1v) is 6.98. The maximum Gasteiger partial charge on any atom is 0.231 e. The van der Waals surface area contributed by atoms with Gasteiger partial charge in [-0.2, -0.15) is 0 Å². The number of thiophene rings is 1. The van der Waals surface area contributed by atoms with Crippen molar-refractivity contribution in [1.82, 2.24) is 4.98 Å². The molecule has 0 unspecified atom stereocenters. The summed E-state index contributed by atoms with van der Waals surface area (Å²) in [6.45, 7) is 0.255. The zero-order valence-electron chi connectivity index (χ0n) is 10.4. The van der Waals surface area contributed by atoms with Crippen LogP contribution in [0.5, 0.6) is 11.5 Å². The Morgan fingerprint density at radius 2 is 2.05 bits per heavy atom. The van der Waals surface area contributed by atoms with E-state index in [2.05, 4.69) is 16.5 Å². The molecular weight excluding hydrogens is 274 g/mol. The lowest BCUT2D eigenvalue weighted by Gasteiger charge is -2.09. The molecule has 3 heterocycles. The van der Waals surface area contributed by atoms with E-state index in [0.717, 1.165) is 32.8 Å². The van der Waals surface area contributed by atoms with Crippen molar-refractivity contribution in [3.63, 3.8) is 0 Å². The number of anilines is 1. The van der Waals surface area contributed by atoms with Crippen LogP contribution in [0.4, 0.5) is 5.82 Å². The zero-order valence-corrected chi connectivity index (χ0v) is 11.2. The lowest BCUT2D eigenvalue weighted by molar-refractivity contribution is 0.174. The second-order valence-electron chi connectivity index (χ2n) is 4.40. The van der Waals surface area contributed by atoms with Gasteiger partial charge in [-0.3, -0.25) is 0 Å². The summed E-state index contributed by atoms with van der Waals surface area (Å²) in [5, 5.41) is 3.02. The molecule has 0 amide bonds. The molecule has 20 heavy (non-hydrogen) atoms. The molecule has 0 saturated heterocycles. The van der Waals surface area contributed by atoms with Gasteiger partial charge in [0.15, 0.2) is 11.5 Å². The summed E-state index contributed by atoms with van der Waals surface area (Å²) in [5.74, 6) is 7.72. The number of ether oxygens (including phenoxy) is 2. The molecule has 6 heteroatoms. The maximum absolute atomic E-state index is 5.60. The van der Waals surface area contributed by atoms with Crippen LogP contribution in [0.25, 0.3) is 21.3 Å². The Morgan fingerprint density at radius 1 is 1.20 bits per heavy atom. The molecule has 0 atom stereocenters. The predicted octanol–water partition coefficient (Wildman–Crippen LogP) is 2.98. The number of pyridine rings is 1. The van der Waals surface area contributed by atoms with E-state index in [1.165, 1.54) is 0 Å². The first kappa shape index (κ1) is 11.5. The van der Waals surface area contributed by atoms with Crippen LogP contribution in [0.15, 0.2) is 35.7 Å². The first-order chi connectivity index (χ1) is 9.85. The SMILES string of the molecule is NNc1nc2cc3c(cc2cc1-c1cccs1)OCO3. The maximum atomic E-state index is 5.60. The predicted molar refractivity (Wildman–Crippen MR) is 79.0 cm³/mol. The highest BCUT2D eigenvalue weighted by Crippen LogP contribution is 2.39. The van der Waals surface area contributed by atoms with Crippen LogP contribution in [-0.2, 0) is 0 Å². The van der Waals surface area contributed by atoms with Crippen molar-refractivity contribution < 1.29 is 9.47 Å². The molecule has 0 spiro atoms. The fraction of sp³-hybridized carbons (Fsp3) is 0.0714. The summed E-state index contributed by atoms with van der Waals surface area (Å²) >= 11 is 1.65. The Morgan fingerprint density at radius 3 is 2.80 bits per heavy atom. The van der Waals surface area contributed by atoms with Crippen LogP contribution in [0.1, 0.15) is 0 Å². The number of nitrogens with two attached hydrogens (primary N) is 1. The highest BCUT2D eigenvalue weighted by molar-refractivity contribution is 7.13. The van der Waals surface area contributed by atoms with E-state index in [-0.39, 0.29) is 6.79 Å². The molecule has 4 rings (SSSR count). The third-order valence-corrected chi connectivity index (χ3v) is 4.14. The molecule has 0 aliphatic carbocycles. The molecule has 1 aliphatic rings. The number of nitrogens with zero attached hydrogens (tertiary/aromatic N) is 1. The number of nitrogen functional groups attached to an aromatic ring is 1. The molecule has 0 saturated carbocycles. The lowest BCUT2D eigenvalue weighted by Crippen LogP contribution is -2.09. The average Bonchev–Trinajstić information content (AvgIpc) is 3.14. The topological polar surface area (TPSA) is 69.4 Å². The largest absolute Gasteiger partial charge is 0.454 e. The fourth-order valence-corrected chi connectivity index (χ4v) is 3.04. The Bertz CT molecular complexity index is 787. The van der Waals surface area contributed by atoms with Crippen molar-refractivity contribution >= 4 is 28.1 Å². The minimum atomic E-state index is 0.255. The molecular formula is C14H11N3O2S. The number of rotatable bonds is 2. The monoisotopic (exact) mass is 285 g/mol. The minimum Gasteiger partial charge on any atom is -0.454 e. The number of hydrogen-bond donors (Lipinski definition) is 2. The van der Waals surface area contributed by atoms with Gasteiger partial charge in [0, 0.05) is 21.9 Å². The van der Waals surface area contributed by atoms with Crippen molar-refractivity contribution in [3.8, 4) is 21.9 Å². The highest BCUT2D eigenvalue weighted by atomic mass is 32.1. The van der Waals surface area contributed by atoms with Crippen LogP contribution < -0.4 is 20.7 Å². The van der Waals surface area contributed by atoms with Crippen LogP contribution in [-0.4, -0.2) is 11.8 Å². The molecule has 0 radical (unpaired) electrons. The summed E-state index contributed by atoms with van der Waals surface area (Å²) in [4.78, 5) is 5.68. The third kappa shape index (κ3) is 1.70. The van der Waals surface area contributed by atoms with Crippen molar-refractivity contribution in [3.05, 3.63) is 35.7 Å². The lowest BCUT2D eigenvalue weighted by atomic mass is 10.1. The molecule has 3 aromatic rings. The fourth-order valence-electron chi connectivity index (χ4n) is 2.29. The Kier molecular flexibility index (Phi) is 2.51. The first-order valence-electron chi connectivity index (χ1n) is 6.10. The zero-order chi connectivity index (χ0) is 13.5. The highest BCUT2D eigenvalue weighted by Gasteiger charge is 2.17. The number of aromatic nitrogens is 1. The second kappa shape index (κ2) is 4.36. The van der Waals surface area contributed by atoms with E-state index in [9.17, 15) is 0 Å². The smallest absolute Gasteiger partial charge is 0.231 e.